The maximum Gasteiger partial charge on any atom is 0.450 e. The predicted octanol–water partition coefficient (Wildman–Crippen LogP) is 2.00. The van der Waals surface area contributed by atoms with Gasteiger partial charge in [0.15, 0.2) is 0 Å². The molecule has 0 bridgehead atoms. The van der Waals surface area contributed by atoms with E-state index in [9.17, 15) is 18.0 Å². The average molecular weight is 246 g/mol. The lowest BCUT2D eigenvalue weighted by Crippen LogP contribution is -2.24. The van der Waals surface area contributed by atoms with Crippen LogP contribution in [0, 0.1) is 0 Å². The summed E-state index contributed by atoms with van der Waals surface area (Å²) in [6.45, 7) is 0. The van der Waals surface area contributed by atoms with E-state index in [0.717, 1.165) is 0 Å². The Balaban J connectivity index is 2.12. The summed E-state index contributed by atoms with van der Waals surface area (Å²) in [7, 11) is 0. The Kier molecular flexibility index (Phi) is 2.70. The van der Waals surface area contributed by atoms with Crippen LogP contribution in [0.1, 0.15) is 5.89 Å². The van der Waals surface area contributed by atoms with Crippen LogP contribution in [0.2, 0.25) is 0 Å². The van der Waals surface area contributed by atoms with Crippen LogP contribution in [0.3, 0.4) is 0 Å². The number of rotatable bonds is 3. The van der Waals surface area contributed by atoms with E-state index < -0.39 is 18.4 Å². The lowest BCUT2D eigenvalue weighted by atomic mass is 10.3. The molecule has 5 nitrogen and oxygen atoms in total. The average Bonchev–Trinajstić information content (AvgIpc) is 2.83. The molecule has 2 aromatic rings. The van der Waals surface area contributed by atoms with Crippen molar-refractivity contribution in [1.29, 1.82) is 0 Å². The minimum absolute atomic E-state index is 0.0729. The number of carbonyl (C=O) groups is 1. The van der Waals surface area contributed by atoms with Gasteiger partial charge in [-0.05, 0) is 6.07 Å². The second-order valence-electron chi connectivity index (χ2n) is 3.12. The van der Waals surface area contributed by atoms with Crippen LogP contribution in [0.25, 0.3) is 11.4 Å². The lowest BCUT2D eigenvalue weighted by molar-refractivity contribution is -0.170. The molecular weight excluding hydrogens is 241 g/mol. The van der Waals surface area contributed by atoms with Crippen molar-refractivity contribution >= 4 is 5.78 Å². The summed E-state index contributed by atoms with van der Waals surface area (Å²) in [5, 5.41) is 3.43. The molecule has 2 aromatic heterocycles. The van der Waals surface area contributed by atoms with Crippen LogP contribution >= 0.6 is 0 Å². The zero-order valence-corrected chi connectivity index (χ0v) is 8.19. The Morgan fingerprint density at radius 1 is 1.41 bits per heavy atom. The number of Topliss-reactive ketones (excluding diaryl/α,β-unsaturated/α-hetero) is 1. The monoisotopic (exact) mass is 246 g/mol. The van der Waals surface area contributed by atoms with Gasteiger partial charge in [0.1, 0.15) is 6.26 Å². The van der Waals surface area contributed by atoms with Gasteiger partial charge in [-0.25, -0.2) is 0 Å². The number of aromatic nitrogens is 2. The van der Waals surface area contributed by atoms with E-state index in [1.54, 1.807) is 0 Å². The molecule has 0 saturated carbocycles. The van der Waals surface area contributed by atoms with Gasteiger partial charge in [-0.15, -0.1) is 0 Å². The molecule has 2 heterocycles. The lowest BCUT2D eigenvalue weighted by Gasteiger charge is -2.00. The Labute approximate surface area is 92.2 Å². The Bertz CT molecular complexity index is 516. The number of nitrogens with zero attached hydrogens (tertiary/aromatic N) is 2. The van der Waals surface area contributed by atoms with Crippen molar-refractivity contribution in [3.8, 4) is 11.4 Å². The van der Waals surface area contributed by atoms with E-state index in [4.69, 9.17) is 4.42 Å². The third-order valence-corrected chi connectivity index (χ3v) is 1.88. The number of carbonyl (C=O) groups excluding carboxylic acids is 1. The van der Waals surface area contributed by atoms with Crippen molar-refractivity contribution < 1.29 is 26.9 Å². The summed E-state index contributed by atoms with van der Waals surface area (Å²) in [4.78, 5) is 14.3. The van der Waals surface area contributed by atoms with Gasteiger partial charge >= 0.3 is 6.18 Å². The third-order valence-electron chi connectivity index (χ3n) is 1.88. The van der Waals surface area contributed by atoms with Crippen LogP contribution in [-0.4, -0.2) is 22.1 Å². The van der Waals surface area contributed by atoms with Crippen LogP contribution in [0.5, 0.6) is 0 Å². The van der Waals surface area contributed by atoms with Crippen molar-refractivity contribution in [2.24, 2.45) is 0 Å². The van der Waals surface area contributed by atoms with E-state index >= 15 is 0 Å². The Morgan fingerprint density at radius 3 is 2.76 bits per heavy atom. The van der Waals surface area contributed by atoms with Crippen LogP contribution in [0.15, 0.2) is 27.5 Å². The first-order valence-electron chi connectivity index (χ1n) is 4.42. The van der Waals surface area contributed by atoms with Crippen molar-refractivity contribution in [2.75, 3.05) is 0 Å². The van der Waals surface area contributed by atoms with E-state index in [1.165, 1.54) is 18.6 Å². The zero-order chi connectivity index (χ0) is 12.5. The number of hydrogen-bond donors (Lipinski definition) is 0. The van der Waals surface area contributed by atoms with Gasteiger partial charge in [0.2, 0.25) is 17.5 Å². The van der Waals surface area contributed by atoms with Crippen molar-refractivity contribution in [3.63, 3.8) is 0 Å². The third kappa shape index (κ3) is 2.52. The predicted molar refractivity (Wildman–Crippen MR) is 46.8 cm³/mol. The fourth-order valence-corrected chi connectivity index (χ4v) is 1.07. The van der Waals surface area contributed by atoms with Crippen molar-refractivity contribution in [3.05, 3.63) is 24.5 Å². The molecule has 0 amide bonds. The fourth-order valence-electron chi connectivity index (χ4n) is 1.07. The SMILES string of the molecule is O=C(Cc1nc(-c2ccoc2)no1)C(F)(F)F. The minimum atomic E-state index is -4.90. The molecule has 0 aliphatic rings. The number of furan rings is 1. The highest BCUT2D eigenvalue weighted by atomic mass is 19.4. The van der Waals surface area contributed by atoms with Gasteiger partial charge in [-0.1, -0.05) is 5.16 Å². The highest BCUT2D eigenvalue weighted by Gasteiger charge is 2.39. The van der Waals surface area contributed by atoms with E-state index in [-0.39, 0.29) is 11.7 Å². The maximum absolute atomic E-state index is 12.0. The standard InChI is InChI=1S/C9H5F3N2O3/c10-9(11,12)6(15)3-7-13-8(14-17-7)5-1-2-16-4-5/h1-2,4H,3H2. The van der Waals surface area contributed by atoms with Crippen molar-refractivity contribution in [2.45, 2.75) is 12.6 Å². The van der Waals surface area contributed by atoms with E-state index in [0.29, 0.717) is 5.56 Å². The van der Waals surface area contributed by atoms with Crippen LogP contribution in [0.4, 0.5) is 13.2 Å². The maximum atomic E-state index is 12.0. The molecule has 0 radical (unpaired) electrons. The number of alkyl halides is 3. The first-order valence-corrected chi connectivity index (χ1v) is 4.42. The first kappa shape index (κ1) is 11.4. The summed E-state index contributed by atoms with van der Waals surface area (Å²) < 4.78 is 45.2. The summed E-state index contributed by atoms with van der Waals surface area (Å²) in [6, 6.07) is 1.51. The van der Waals surface area contributed by atoms with Gasteiger partial charge < -0.3 is 8.94 Å². The minimum Gasteiger partial charge on any atom is -0.472 e. The highest BCUT2D eigenvalue weighted by Crippen LogP contribution is 2.20. The van der Waals surface area contributed by atoms with Gasteiger partial charge in [-0.3, -0.25) is 4.79 Å². The van der Waals surface area contributed by atoms with E-state index in [2.05, 4.69) is 14.7 Å². The molecule has 0 aliphatic carbocycles. The quantitative estimate of drug-likeness (QED) is 0.828. The Hall–Kier alpha value is -2.12. The molecule has 0 aliphatic heterocycles. The highest BCUT2D eigenvalue weighted by molar-refractivity contribution is 5.85. The largest absolute Gasteiger partial charge is 0.472 e. The zero-order valence-electron chi connectivity index (χ0n) is 8.19. The molecule has 17 heavy (non-hydrogen) atoms. The number of ketones is 1. The van der Waals surface area contributed by atoms with Crippen molar-refractivity contribution in [1.82, 2.24) is 10.1 Å². The molecule has 0 N–H and O–H groups in total. The summed E-state index contributed by atoms with van der Waals surface area (Å²) >= 11 is 0. The fraction of sp³-hybridized carbons (Fsp3) is 0.222. The summed E-state index contributed by atoms with van der Waals surface area (Å²) in [6.07, 6.45) is -3.20. The molecule has 0 saturated heterocycles. The number of halogens is 3. The smallest absolute Gasteiger partial charge is 0.450 e. The molecule has 0 atom stereocenters. The first-order chi connectivity index (χ1) is 7.97. The molecule has 0 unspecified atom stereocenters. The van der Waals surface area contributed by atoms with E-state index in [1.807, 2.05) is 0 Å². The molecule has 0 spiro atoms. The molecule has 0 fully saturated rings. The van der Waals surface area contributed by atoms with Gasteiger partial charge in [-0.2, -0.15) is 18.2 Å². The van der Waals surface area contributed by atoms with Gasteiger partial charge in [0, 0.05) is 0 Å². The topological polar surface area (TPSA) is 69.1 Å². The molecule has 90 valence electrons. The van der Waals surface area contributed by atoms with Gasteiger partial charge in [0.05, 0.1) is 18.2 Å². The van der Waals surface area contributed by atoms with Crippen LogP contribution < -0.4 is 0 Å². The summed E-state index contributed by atoms with van der Waals surface area (Å²) in [5.74, 6) is -2.24. The molecule has 0 aromatic carbocycles. The second kappa shape index (κ2) is 4.04. The summed E-state index contributed by atoms with van der Waals surface area (Å²) in [5.41, 5.74) is 0.458. The molecule has 8 heteroatoms. The number of hydrogen-bond acceptors (Lipinski definition) is 5. The van der Waals surface area contributed by atoms with Gasteiger partial charge in [0.25, 0.3) is 0 Å². The second-order valence-corrected chi connectivity index (χ2v) is 3.12. The van der Waals surface area contributed by atoms with Crippen LogP contribution in [-0.2, 0) is 11.2 Å². The molecule has 2 rings (SSSR count). The Morgan fingerprint density at radius 2 is 2.18 bits per heavy atom. The normalized spacial score (nSPS) is 11.7. The molecular formula is C9H5F3N2O3.